The monoisotopic (exact) mass is 274 g/mol. The zero-order valence-corrected chi connectivity index (χ0v) is 11.9. The summed E-state index contributed by atoms with van der Waals surface area (Å²) in [4.78, 5) is 2.62. The molecule has 1 aliphatic carbocycles. The fourth-order valence-corrected chi connectivity index (χ4v) is 3.71. The molecule has 3 aromatic carbocycles. The second kappa shape index (κ2) is 4.84. The van der Waals surface area contributed by atoms with Crippen LogP contribution in [0.15, 0.2) is 82.6 Å². The Morgan fingerprint density at radius 1 is 0.600 bits per heavy atom. The fourth-order valence-electron chi connectivity index (χ4n) is 2.81. The Morgan fingerprint density at radius 2 is 1.35 bits per heavy atom. The molecule has 4 rings (SSSR count). The van der Waals surface area contributed by atoms with Crippen molar-refractivity contribution in [3.05, 3.63) is 83.9 Å². The quantitative estimate of drug-likeness (QED) is 0.471. The van der Waals surface area contributed by atoms with E-state index in [1.165, 1.54) is 32.0 Å². The van der Waals surface area contributed by atoms with Crippen LogP contribution in [0.3, 0.4) is 0 Å². The van der Waals surface area contributed by atoms with Crippen LogP contribution in [-0.4, -0.2) is 0 Å². The predicted octanol–water partition coefficient (Wildman–Crippen LogP) is 5.41. The molecule has 1 aliphatic rings. The van der Waals surface area contributed by atoms with Gasteiger partial charge in [0.05, 0.1) is 0 Å². The summed E-state index contributed by atoms with van der Waals surface area (Å²) in [5.41, 5.74) is 5.70. The van der Waals surface area contributed by atoms with Gasteiger partial charge in [-0.3, -0.25) is 0 Å². The first kappa shape index (κ1) is 11.8. The second-order valence-electron chi connectivity index (χ2n) is 5.07. The first-order valence-electron chi connectivity index (χ1n) is 6.84. The summed E-state index contributed by atoms with van der Waals surface area (Å²) in [6, 6.07) is 26.1. The molecule has 0 spiro atoms. The van der Waals surface area contributed by atoms with E-state index in [0.717, 1.165) is 6.42 Å². The van der Waals surface area contributed by atoms with Gasteiger partial charge in [-0.2, -0.15) is 0 Å². The van der Waals surface area contributed by atoms with Gasteiger partial charge in [0.25, 0.3) is 0 Å². The molecule has 0 atom stereocenters. The zero-order chi connectivity index (χ0) is 13.4. The summed E-state index contributed by atoms with van der Waals surface area (Å²) in [6.45, 7) is 0. The first-order chi connectivity index (χ1) is 9.90. The number of benzene rings is 3. The van der Waals surface area contributed by atoms with Crippen molar-refractivity contribution in [1.82, 2.24) is 0 Å². The molecule has 3 aromatic rings. The molecule has 0 N–H and O–H groups in total. The molecule has 0 aromatic heterocycles. The third-order valence-corrected chi connectivity index (χ3v) is 4.74. The number of rotatable bonds is 2. The van der Waals surface area contributed by atoms with Gasteiger partial charge in [-0.25, -0.2) is 0 Å². The Hall–Kier alpha value is -1.99. The average molecular weight is 274 g/mol. The molecule has 0 aliphatic heterocycles. The SMILES string of the molecule is c1ccc(Sc2ccc3c(c2)Cc2ccccc2-3)cc1. The topological polar surface area (TPSA) is 0 Å². The third kappa shape index (κ3) is 2.04. The standard InChI is InChI=1S/C19H14S/c1-2-7-16(8-3-1)20-17-10-11-19-15(13-17)12-14-6-4-5-9-18(14)19/h1-11,13H,12H2. The van der Waals surface area contributed by atoms with E-state index in [9.17, 15) is 0 Å². The van der Waals surface area contributed by atoms with Crippen LogP contribution in [0.2, 0.25) is 0 Å². The highest BCUT2D eigenvalue weighted by Crippen LogP contribution is 2.39. The Balaban J connectivity index is 1.69. The highest BCUT2D eigenvalue weighted by atomic mass is 32.2. The second-order valence-corrected chi connectivity index (χ2v) is 6.21. The lowest BCUT2D eigenvalue weighted by Gasteiger charge is -2.05. The van der Waals surface area contributed by atoms with Crippen molar-refractivity contribution < 1.29 is 0 Å². The molecule has 0 heterocycles. The largest absolute Gasteiger partial charge is 0.0901 e. The van der Waals surface area contributed by atoms with E-state index in [1.54, 1.807) is 0 Å². The van der Waals surface area contributed by atoms with E-state index in [1.807, 2.05) is 11.8 Å². The maximum Gasteiger partial charge on any atom is 0.0125 e. The number of fused-ring (bicyclic) bond motifs is 3. The van der Waals surface area contributed by atoms with Crippen molar-refractivity contribution in [2.24, 2.45) is 0 Å². The molecule has 0 amide bonds. The summed E-state index contributed by atoms with van der Waals surface area (Å²) in [5, 5.41) is 0. The summed E-state index contributed by atoms with van der Waals surface area (Å²) < 4.78 is 0. The summed E-state index contributed by atoms with van der Waals surface area (Å²) in [7, 11) is 0. The van der Waals surface area contributed by atoms with Crippen LogP contribution in [0.5, 0.6) is 0 Å². The number of hydrogen-bond acceptors (Lipinski definition) is 1. The van der Waals surface area contributed by atoms with Crippen LogP contribution in [0.4, 0.5) is 0 Å². The lowest BCUT2D eigenvalue weighted by Crippen LogP contribution is -1.81. The molecular formula is C19H14S. The van der Waals surface area contributed by atoms with Crippen molar-refractivity contribution in [2.75, 3.05) is 0 Å². The van der Waals surface area contributed by atoms with Gasteiger partial charge in [-0.05, 0) is 52.9 Å². The van der Waals surface area contributed by atoms with Gasteiger partial charge in [-0.1, -0.05) is 60.3 Å². The maximum absolute atomic E-state index is 2.34. The molecule has 0 fully saturated rings. The minimum absolute atomic E-state index is 1.06. The first-order valence-corrected chi connectivity index (χ1v) is 7.66. The van der Waals surface area contributed by atoms with Gasteiger partial charge < -0.3 is 0 Å². The van der Waals surface area contributed by atoms with Crippen molar-refractivity contribution in [1.29, 1.82) is 0 Å². The predicted molar refractivity (Wildman–Crippen MR) is 85.2 cm³/mol. The molecule has 1 heteroatoms. The van der Waals surface area contributed by atoms with Crippen LogP contribution in [0.25, 0.3) is 11.1 Å². The van der Waals surface area contributed by atoms with E-state index in [4.69, 9.17) is 0 Å². The highest BCUT2D eigenvalue weighted by Gasteiger charge is 2.17. The fraction of sp³-hybridized carbons (Fsp3) is 0.0526. The molecule has 0 unspecified atom stereocenters. The Kier molecular flexibility index (Phi) is 2.86. The Bertz CT molecular complexity index is 760. The van der Waals surface area contributed by atoms with E-state index in [0.29, 0.717) is 0 Å². The molecule has 0 nitrogen and oxygen atoms in total. The lowest BCUT2D eigenvalue weighted by atomic mass is 10.1. The molecule has 0 radical (unpaired) electrons. The van der Waals surface area contributed by atoms with Gasteiger partial charge >= 0.3 is 0 Å². The number of hydrogen-bond donors (Lipinski definition) is 0. The smallest absolute Gasteiger partial charge is 0.0125 e. The van der Waals surface area contributed by atoms with Crippen LogP contribution in [-0.2, 0) is 6.42 Å². The van der Waals surface area contributed by atoms with Crippen LogP contribution < -0.4 is 0 Å². The summed E-state index contributed by atoms with van der Waals surface area (Å²) >= 11 is 1.83. The molecule has 0 saturated carbocycles. The maximum atomic E-state index is 2.34. The molecule has 96 valence electrons. The highest BCUT2D eigenvalue weighted by molar-refractivity contribution is 7.99. The molecular weight excluding hydrogens is 260 g/mol. The van der Waals surface area contributed by atoms with Gasteiger partial charge in [0.15, 0.2) is 0 Å². The average Bonchev–Trinajstić information content (AvgIpc) is 2.86. The van der Waals surface area contributed by atoms with Crippen LogP contribution in [0, 0.1) is 0 Å². The lowest BCUT2D eigenvalue weighted by molar-refractivity contribution is 1.24. The summed E-state index contributed by atoms with van der Waals surface area (Å²) in [5.74, 6) is 0. The normalized spacial score (nSPS) is 12.0. The van der Waals surface area contributed by atoms with E-state index in [2.05, 4.69) is 72.8 Å². The Labute approximate surface area is 123 Å². The Morgan fingerprint density at radius 3 is 2.25 bits per heavy atom. The van der Waals surface area contributed by atoms with Crippen molar-refractivity contribution in [3.63, 3.8) is 0 Å². The van der Waals surface area contributed by atoms with E-state index in [-0.39, 0.29) is 0 Å². The van der Waals surface area contributed by atoms with Gasteiger partial charge in [0.1, 0.15) is 0 Å². The van der Waals surface area contributed by atoms with Gasteiger partial charge in [0.2, 0.25) is 0 Å². The van der Waals surface area contributed by atoms with Crippen molar-refractivity contribution in [2.45, 2.75) is 16.2 Å². The minimum atomic E-state index is 1.06. The van der Waals surface area contributed by atoms with Gasteiger partial charge in [0, 0.05) is 9.79 Å². The van der Waals surface area contributed by atoms with Crippen LogP contribution >= 0.6 is 11.8 Å². The molecule has 0 bridgehead atoms. The third-order valence-electron chi connectivity index (χ3n) is 3.74. The van der Waals surface area contributed by atoms with E-state index < -0.39 is 0 Å². The summed E-state index contributed by atoms with van der Waals surface area (Å²) in [6.07, 6.45) is 1.06. The zero-order valence-electron chi connectivity index (χ0n) is 11.0. The van der Waals surface area contributed by atoms with E-state index >= 15 is 0 Å². The van der Waals surface area contributed by atoms with Crippen molar-refractivity contribution in [3.8, 4) is 11.1 Å². The van der Waals surface area contributed by atoms with Crippen LogP contribution in [0.1, 0.15) is 11.1 Å². The van der Waals surface area contributed by atoms with Gasteiger partial charge in [-0.15, -0.1) is 0 Å². The molecule has 20 heavy (non-hydrogen) atoms. The van der Waals surface area contributed by atoms with Crippen molar-refractivity contribution >= 4 is 11.8 Å². The molecule has 0 saturated heterocycles. The minimum Gasteiger partial charge on any atom is -0.0901 e.